The highest BCUT2D eigenvalue weighted by molar-refractivity contribution is 5.40. The van der Waals surface area contributed by atoms with Gasteiger partial charge >= 0.3 is 0 Å². The van der Waals surface area contributed by atoms with E-state index in [-0.39, 0.29) is 24.5 Å². The average Bonchev–Trinajstić information content (AvgIpc) is 2.45. The lowest BCUT2D eigenvalue weighted by molar-refractivity contribution is -0.385. The number of hydrogen-bond donors (Lipinski definition) is 1. The second kappa shape index (κ2) is 6.12. The number of nitro groups is 1. The fourth-order valence-corrected chi connectivity index (χ4v) is 1.74. The van der Waals surface area contributed by atoms with E-state index in [4.69, 9.17) is 9.84 Å². The molecule has 2 aromatic carbocycles. The molecule has 0 saturated carbocycles. The summed E-state index contributed by atoms with van der Waals surface area (Å²) < 4.78 is 18.5. The van der Waals surface area contributed by atoms with Crippen LogP contribution in [-0.2, 0) is 13.2 Å². The predicted octanol–water partition coefficient (Wildman–Crippen LogP) is 2.81. The van der Waals surface area contributed by atoms with E-state index in [0.717, 1.165) is 18.2 Å². The van der Waals surface area contributed by atoms with Gasteiger partial charge in [0.1, 0.15) is 18.2 Å². The molecule has 0 bridgehead atoms. The number of rotatable bonds is 5. The minimum Gasteiger partial charge on any atom is -0.489 e. The zero-order valence-corrected chi connectivity index (χ0v) is 10.5. The third kappa shape index (κ3) is 3.30. The molecule has 0 fully saturated rings. The molecule has 6 heteroatoms. The molecule has 0 saturated heterocycles. The number of aliphatic hydroxyl groups is 1. The van der Waals surface area contributed by atoms with Crippen LogP contribution in [-0.4, -0.2) is 10.0 Å². The van der Waals surface area contributed by atoms with Crippen LogP contribution in [0.25, 0.3) is 0 Å². The van der Waals surface area contributed by atoms with Gasteiger partial charge in [0.05, 0.1) is 17.1 Å². The van der Waals surface area contributed by atoms with Crippen molar-refractivity contribution in [3.05, 3.63) is 69.5 Å². The summed E-state index contributed by atoms with van der Waals surface area (Å²) >= 11 is 0. The fourth-order valence-electron chi connectivity index (χ4n) is 1.74. The van der Waals surface area contributed by atoms with Gasteiger partial charge in [0.15, 0.2) is 0 Å². The van der Waals surface area contributed by atoms with Crippen molar-refractivity contribution in [2.75, 3.05) is 0 Å². The second-order valence-corrected chi connectivity index (χ2v) is 4.12. The maximum Gasteiger partial charge on any atom is 0.276 e. The summed E-state index contributed by atoms with van der Waals surface area (Å²) in [5.41, 5.74) is 0.630. The topological polar surface area (TPSA) is 72.6 Å². The van der Waals surface area contributed by atoms with Gasteiger partial charge in [0.2, 0.25) is 0 Å². The Morgan fingerprint density at radius 1 is 1.25 bits per heavy atom. The quantitative estimate of drug-likeness (QED) is 0.673. The Bertz CT molecular complexity index is 630. The Morgan fingerprint density at radius 3 is 2.75 bits per heavy atom. The van der Waals surface area contributed by atoms with E-state index in [0.29, 0.717) is 11.3 Å². The average molecular weight is 277 g/mol. The molecule has 0 heterocycles. The molecule has 0 unspecified atom stereocenters. The summed E-state index contributed by atoms with van der Waals surface area (Å²) in [6.45, 7) is -0.250. The monoisotopic (exact) mass is 277 g/mol. The van der Waals surface area contributed by atoms with Crippen LogP contribution in [0, 0.1) is 15.9 Å². The van der Waals surface area contributed by atoms with Crippen molar-refractivity contribution < 1.29 is 19.2 Å². The van der Waals surface area contributed by atoms with Crippen LogP contribution in [0.5, 0.6) is 5.75 Å². The van der Waals surface area contributed by atoms with Crippen LogP contribution in [0.4, 0.5) is 10.1 Å². The van der Waals surface area contributed by atoms with Crippen LogP contribution >= 0.6 is 0 Å². The first-order valence-electron chi connectivity index (χ1n) is 5.85. The maximum absolute atomic E-state index is 13.1. The van der Waals surface area contributed by atoms with E-state index in [1.807, 2.05) is 0 Å². The van der Waals surface area contributed by atoms with Gasteiger partial charge < -0.3 is 9.84 Å². The van der Waals surface area contributed by atoms with E-state index >= 15 is 0 Å². The molecule has 1 N–H and O–H groups in total. The lowest BCUT2D eigenvalue weighted by Gasteiger charge is -2.08. The number of hydrogen-bond acceptors (Lipinski definition) is 4. The summed E-state index contributed by atoms with van der Waals surface area (Å²) in [6.07, 6.45) is 0. The van der Waals surface area contributed by atoms with Crippen LogP contribution in [0.1, 0.15) is 11.1 Å². The molecule has 0 aliphatic rings. The first kappa shape index (κ1) is 14.0. The normalized spacial score (nSPS) is 10.3. The third-order valence-electron chi connectivity index (χ3n) is 2.71. The molecule has 0 radical (unpaired) electrons. The predicted molar refractivity (Wildman–Crippen MR) is 69.8 cm³/mol. The van der Waals surface area contributed by atoms with E-state index in [9.17, 15) is 14.5 Å². The summed E-state index contributed by atoms with van der Waals surface area (Å²) in [4.78, 5) is 10.3. The molecule has 0 amide bonds. The van der Waals surface area contributed by atoms with Gasteiger partial charge in [-0.05, 0) is 29.8 Å². The lowest BCUT2D eigenvalue weighted by Crippen LogP contribution is -2.01. The zero-order chi connectivity index (χ0) is 14.5. The maximum atomic E-state index is 13.1. The number of ether oxygens (including phenoxy) is 1. The molecule has 104 valence electrons. The highest BCUT2D eigenvalue weighted by Crippen LogP contribution is 2.22. The Balaban J connectivity index is 2.17. The molecule has 2 rings (SSSR count). The first-order valence-corrected chi connectivity index (χ1v) is 5.85. The van der Waals surface area contributed by atoms with Crippen LogP contribution in [0.2, 0.25) is 0 Å². The third-order valence-corrected chi connectivity index (χ3v) is 2.71. The summed E-state index contributed by atoms with van der Waals surface area (Å²) in [6, 6.07) is 9.91. The van der Waals surface area contributed by atoms with Crippen molar-refractivity contribution in [2.45, 2.75) is 13.2 Å². The number of aliphatic hydroxyl groups excluding tert-OH is 1. The molecule has 20 heavy (non-hydrogen) atoms. The van der Waals surface area contributed by atoms with Crippen molar-refractivity contribution in [1.82, 2.24) is 0 Å². The molecule has 0 aliphatic heterocycles. The van der Waals surface area contributed by atoms with Crippen molar-refractivity contribution >= 4 is 5.69 Å². The van der Waals surface area contributed by atoms with Gasteiger partial charge in [0, 0.05) is 6.07 Å². The highest BCUT2D eigenvalue weighted by atomic mass is 19.1. The minimum absolute atomic E-state index is 0.122. The molecule has 0 aromatic heterocycles. The minimum atomic E-state index is -0.581. The molecule has 0 atom stereocenters. The lowest BCUT2D eigenvalue weighted by atomic mass is 10.2. The number of benzene rings is 2. The van der Waals surface area contributed by atoms with Gasteiger partial charge in [0.25, 0.3) is 5.69 Å². The van der Waals surface area contributed by atoms with Gasteiger partial charge in [-0.3, -0.25) is 10.1 Å². The molecular weight excluding hydrogens is 265 g/mol. The molecule has 2 aromatic rings. The number of nitrogens with zero attached hydrogens (tertiary/aromatic N) is 1. The number of halogens is 1. The van der Waals surface area contributed by atoms with Crippen molar-refractivity contribution in [3.63, 3.8) is 0 Å². The Kier molecular flexibility index (Phi) is 4.27. The molecule has 0 spiro atoms. The van der Waals surface area contributed by atoms with Crippen LogP contribution < -0.4 is 4.74 Å². The molecule has 0 aliphatic carbocycles. The fraction of sp³-hybridized carbons (Fsp3) is 0.143. The number of nitro benzene ring substituents is 1. The molecule has 5 nitrogen and oxygen atoms in total. The Hall–Kier alpha value is -2.47. The van der Waals surface area contributed by atoms with Crippen molar-refractivity contribution in [1.29, 1.82) is 0 Å². The SMILES string of the molecule is O=[N+]([O-])c1ccc(F)cc1COc1cccc(CO)c1. The van der Waals surface area contributed by atoms with E-state index in [2.05, 4.69) is 0 Å². The summed E-state index contributed by atoms with van der Waals surface area (Å²) in [5, 5.41) is 19.8. The van der Waals surface area contributed by atoms with E-state index < -0.39 is 10.7 Å². The highest BCUT2D eigenvalue weighted by Gasteiger charge is 2.14. The van der Waals surface area contributed by atoms with E-state index in [1.54, 1.807) is 24.3 Å². The van der Waals surface area contributed by atoms with Crippen molar-refractivity contribution in [3.8, 4) is 5.75 Å². The Morgan fingerprint density at radius 2 is 2.05 bits per heavy atom. The van der Waals surface area contributed by atoms with Gasteiger partial charge in [-0.25, -0.2) is 4.39 Å². The van der Waals surface area contributed by atoms with Crippen LogP contribution in [0.15, 0.2) is 42.5 Å². The van der Waals surface area contributed by atoms with Gasteiger partial charge in [-0.1, -0.05) is 12.1 Å². The summed E-state index contributed by atoms with van der Waals surface area (Å²) in [7, 11) is 0. The Labute approximate surface area is 114 Å². The second-order valence-electron chi connectivity index (χ2n) is 4.12. The first-order chi connectivity index (χ1) is 9.60. The van der Waals surface area contributed by atoms with Crippen LogP contribution in [0.3, 0.4) is 0 Å². The molecular formula is C14H12FNO4. The van der Waals surface area contributed by atoms with Gasteiger partial charge in [-0.2, -0.15) is 0 Å². The van der Waals surface area contributed by atoms with E-state index in [1.165, 1.54) is 0 Å². The largest absolute Gasteiger partial charge is 0.489 e. The standard InChI is InChI=1S/C14H12FNO4/c15-12-4-5-14(16(18)19)11(7-12)9-20-13-3-1-2-10(6-13)8-17/h1-7,17H,8-9H2. The summed E-state index contributed by atoms with van der Waals surface area (Å²) in [5.74, 6) is -0.103. The van der Waals surface area contributed by atoms with Gasteiger partial charge in [-0.15, -0.1) is 0 Å². The zero-order valence-electron chi connectivity index (χ0n) is 10.5. The van der Waals surface area contributed by atoms with Crippen molar-refractivity contribution in [2.24, 2.45) is 0 Å². The smallest absolute Gasteiger partial charge is 0.276 e.